The second-order valence-corrected chi connectivity index (χ2v) is 5.99. The van der Waals surface area contributed by atoms with Crippen molar-refractivity contribution >= 4 is 0 Å². The van der Waals surface area contributed by atoms with Gasteiger partial charge in [-0.25, -0.2) is 0 Å². The number of morpholine rings is 1. The number of nitrogens with one attached hydrogen (secondary N) is 1. The molecule has 3 rings (SSSR count). The van der Waals surface area contributed by atoms with Gasteiger partial charge in [0.1, 0.15) is 0 Å². The predicted molar refractivity (Wildman–Crippen MR) is 75.8 cm³/mol. The van der Waals surface area contributed by atoms with Gasteiger partial charge in [0, 0.05) is 13.1 Å². The molecule has 1 aromatic rings. The molecule has 3 heteroatoms. The molecule has 1 unspecified atom stereocenters. The molecule has 0 radical (unpaired) electrons. The van der Waals surface area contributed by atoms with Crippen molar-refractivity contribution in [1.82, 2.24) is 5.32 Å². The summed E-state index contributed by atoms with van der Waals surface area (Å²) in [5.41, 5.74) is 5.56. The molecule has 2 aliphatic heterocycles. The molecule has 1 atom stereocenters. The van der Waals surface area contributed by atoms with Crippen molar-refractivity contribution in [2.75, 3.05) is 32.9 Å². The first-order valence-corrected chi connectivity index (χ1v) is 7.12. The monoisotopic (exact) mass is 261 g/mol. The van der Waals surface area contributed by atoms with Crippen LogP contribution >= 0.6 is 0 Å². The molecule has 2 heterocycles. The number of rotatable bonds is 2. The minimum Gasteiger partial charge on any atom is -0.379 e. The Balaban J connectivity index is 2.02. The average molecular weight is 261 g/mol. The summed E-state index contributed by atoms with van der Waals surface area (Å²) >= 11 is 0. The lowest BCUT2D eigenvalue weighted by Gasteiger charge is -2.49. The first-order chi connectivity index (χ1) is 9.13. The van der Waals surface area contributed by atoms with Crippen molar-refractivity contribution in [1.29, 1.82) is 0 Å². The fourth-order valence-electron chi connectivity index (χ4n) is 3.70. The van der Waals surface area contributed by atoms with Gasteiger partial charge in [-0.05, 0) is 37.5 Å². The number of ether oxygens (including phenoxy) is 2. The Morgan fingerprint density at radius 2 is 1.84 bits per heavy atom. The SMILES string of the molecule is Cc1cc(C)c(C2(C3CNCCO3)COC2)c(C)c1. The summed E-state index contributed by atoms with van der Waals surface area (Å²) < 4.78 is 11.6. The third-order valence-corrected chi connectivity index (χ3v) is 4.44. The topological polar surface area (TPSA) is 30.5 Å². The molecule has 2 saturated heterocycles. The Labute approximate surface area is 115 Å². The van der Waals surface area contributed by atoms with E-state index in [9.17, 15) is 0 Å². The molecule has 19 heavy (non-hydrogen) atoms. The Morgan fingerprint density at radius 3 is 2.32 bits per heavy atom. The van der Waals surface area contributed by atoms with Gasteiger partial charge in [0.2, 0.25) is 0 Å². The molecule has 3 nitrogen and oxygen atoms in total. The Morgan fingerprint density at radius 1 is 1.16 bits per heavy atom. The Kier molecular flexibility index (Phi) is 3.37. The second-order valence-electron chi connectivity index (χ2n) is 5.99. The van der Waals surface area contributed by atoms with E-state index in [4.69, 9.17) is 9.47 Å². The maximum atomic E-state index is 6.04. The maximum Gasteiger partial charge on any atom is 0.0841 e. The third-order valence-electron chi connectivity index (χ3n) is 4.44. The molecule has 0 bridgehead atoms. The zero-order valence-electron chi connectivity index (χ0n) is 12.1. The van der Waals surface area contributed by atoms with Gasteiger partial charge in [-0.3, -0.25) is 0 Å². The highest BCUT2D eigenvalue weighted by Gasteiger charge is 2.49. The molecule has 104 valence electrons. The standard InChI is InChI=1S/C16H23NO2/c1-11-6-12(2)15(13(3)7-11)16(9-18-10-16)14-8-17-4-5-19-14/h6-7,14,17H,4-5,8-10H2,1-3H3. The van der Waals surface area contributed by atoms with Crippen molar-refractivity contribution < 1.29 is 9.47 Å². The van der Waals surface area contributed by atoms with Gasteiger partial charge >= 0.3 is 0 Å². The molecule has 1 N–H and O–H groups in total. The van der Waals surface area contributed by atoms with Gasteiger partial charge in [-0.1, -0.05) is 17.7 Å². The number of hydrogen-bond acceptors (Lipinski definition) is 3. The highest BCUT2D eigenvalue weighted by molar-refractivity contribution is 5.45. The van der Waals surface area contributed by atoms with E-state index in [1.807, 2.05) is 0 Å². The Bertz CT molecular complexity index is 451. The van der Waals surface area contributed by atoms with E-state index in [1.165, 1.54) is 22.3 Å². The molecule has 2 aliphatic rings. The third kappa shape index (κ3) is 2.10. The van der Waals surface area contributed by atoms with Crippen LogP contribution < -0.4 is 5.32 Å². The van der Waals surface area contributed by atoms with Crippen LogP contribution in [0.2, 0.25) is 0 Å². The normalized spacial score (nSPS) is 25.9. The summed E-state index contributed by atoms with van der Waals surface area (Å²) in [6, 6.07) is 4.55. The van der Waals surface area contributed by atoms with E-state index in [0.717, 1.165) is 32.9 Å². The van der Waals surface area contributed by atoms with Crippen LogP contribution in [0.4, 0.5) is 0 Å². The van der Waals surface area contributed by atoms with Gasteiger partial charge in [-0.15, -0.1) is 0 Å². The quantitative estimate of drug-likeness (QED) is 0.881. The van der Waals surface area contributed by atoms with Crippen LogP contribution in [0.1, 0.15) is 22.3 Å². The van der Waals surface area contributed by atoms with Crippen molar-refractivity contribution in [3.8, 4) is 0 Å². The van der Waals surface area contributed by atoms with Gasteiger partial charge in [0.25, 0.3) is 0 Å². The summed E-state index contributed by atoms with van der Waals surface area (Å²) in [5, 5.41) is 3.45. The lowest BCUT2D eigenvalue weighted by molar-refractivity contribution is -0.146. The minimum absolute atomic E-state index is 0.0509. The van der Waals surface area contributed by atoms with E-state index in [0.29, 0.717) is 0 Å². The van der Waals surface area contributed by atoms with Crippen LogP contribution in [0.5, 0.6) is 0 Å². The van der Waals surface area contributed by atoms with E-state index >= 15 is 0 Å². The molecule has 1 aromatic carbocycles. The molecule has 2 fully saturated rings. The molecule has 0 aromatic heterocycles. The van der Waals surface area contributed by atoms with Crippen molar-refractivity contribution in [2.45, 2.75) is 32.3 Å². The van der Waals surface area contributed by atoms with E-state index in [2.05, 4.69) is 38.2 Å². The van der Waals surface area contributed by atoms with Gasteiger partial charge in [0.05, 0.1) is 31.3 Å². The Hall–Kier alpha value is -0.900. The van der Waals surface area contributed by atoms with Crippen LogP contribution in [0.25, 0.3) is 0 Å². The smallest absolute Gasteiger partial charge is 0.0841 e. The average Bonchev–Trinajstić information content (AvgIpc) is 2.32. The van der Waals surface area contributed by atoms with Crippen LogP contribution in [0.15, 0.2) is 12.1 Å². The molecule has 0 spiro atoms. The van der Waals surface area contributed by atoms with E-state index < -0.39 is 0 Å². The molecule has 0 aliphatic carbocycles. The highest BCUT2D eigenvalue weighted by atomic mass is 16.5. The fourth-order valence-corrected chi connectivity index (χ4v) is 3.70. The first-order valence-electron chi connectivity index (χ1n) is 7.12. The molecule has 0 amide bonds. The summed E-state index contributed by atoms with van der Waals surface area (Å²) in [6.45, 7) is 10.8. The molecule has 0 saturated carbocycles. The van der Waals surface area contributed by atoms with E-state index in [-0.39, 0.29) is 11.5 Å². The second kappa shape index (κ2) is 4.89. The molecular formula is C16H23NO2. The van der Waals surface area contributed by atoms with Crippen LogP contribution in [-0.4, -0.2) is 39.0 Å². The maximum absolute atomic E-state index is 6.04. The first kappa shape index (κ1) is 13.1. The van der Waals surface area contributed by atoms with Gasteiger partial charge in [-0.2, -0.15) is 0 Å². The fraction of sp³-hybridized carbons (Fsp3) is 0.625. The summed E-state index contributed by atoms with van der Waals surface area (Å²) in [5.74, 6) is 0. The summed E-state index contributed by atoms with van der Waals surface area (Å²) in [7, 11) is 0. The summed E-state index contributed by atoms with van der Waals surface area (Å²) in [6.07, 6.45) is 0.232. The number of benzene rings is 1. The van der Waals surface area contributed by atoms with E-state index in [1.54, 1.807) is 0 Å². The van der Waals surface area contributed by atoms with Crippen LogP contribution in [-0.2, 0) is 14.9 Å². The van der Waals surface area contributed by atoms with Crippen LogP contribution in [0.3, 0.4) is 0 Å². The summed E-state index contributed by atoms with van der Waals surface area (Å²) in [4.78, 5) is 0. The number of aryl methyl sites for hydroxylation is 3. The van der Waals surface area contributed by atoms with Crippen molar-refractivity contribution in [3.63, 3.8) is 0 Å². The van der Waals surface area contributed by atoms with Gasteiger partial charge < -0.3 is 14.8 Å². The molecular weight excluding hydrogens is 238 g/mol. The van der Waals surface area contributed by atoms with Crippen molar-refractivity contribution in [3.05, 3.63) is 34.4 Å². The zero-order chi connectivity index (χ0) is 13.5. The highest BCUT2D eigenvalue weighted by Crippen LogP contribution is 2.41. The lowest BCUT2D eigenvalue weighted by atomic mass is 9.70. The lowest BCUT2D eigenvalue weighted by Crippen LogP contribution is -2.61. The van der Waals surface area contributed by atoms with Crippen molar-refractivity contribution in [2.24, 2.45) is 0 Å². The largest absolute Gasteiger partial charge is 0.379 e. The van der Waals surface area contributed by atoms with Crippen LogP contribution in [0, 0.1) is 20.8 Å². The van der Waals surface area contributed by atoms with Gasteiger partial charge in [0.15, 0.2) is 0 Å². The minimum atomic E-state index is 0.0509. The zero-order valence-corrected chi connectivity index (χ0v) is 12.1. The predicted octanol–water partition coefficient (Wildman–Crippen LogP) is 1.87. The number of hydrogen-bond donors (Lipinski definition) is 1.